The number of halogens is 2. The maximum atomic E-state index is 15.7. The summed E-state index contributed by atoms with van der Waals surface area (Å²) in [6.07, 6.45) is 8.02. The van der Waals surface area contributed by atoms with E-state index < -0.39 is 34.4 Å². The van der Waals surface area contributed by atoms with E-state index in [9.17, 15) is 19.2 Å². The Bertz CT molecular complexity index is 2490. The highest BCUT2D eigenvalue weighted by Crippen LogP contribution is 2.61. The summed E-state index contributed by atoms with van der Waals surface area (Å²) in [6, 6.07) is 7.06. The Morgan fingerprint density at radius 3 is 1.32 bits per heavy atom. The Hall–Kier alpha value is -5.74. The molecule has 2 aliphatic heterocycles. The van der Waals surface area contributed by atoms with E-state index in [1.54, 1.807) is 49.3 Å². The summed E-state index contributed by atoms with van der Waals surface area (Å²) >= 11 is 0. The van der Waals surface area contributed by atoms with Gasteiger partial charge in [-0.1, -0.05) is 27.7 Å². The minimum Gasteiger partial charge on any atom is -0.493 e. The van der Waals surface area contributed by atoms with Crippen molar-refractivity contribution in [3.05, 3.63) is 91.0 Å². The van der Waals surface area contributed by atoms with Crippen LogP contribution < -0.4 is 29.8 Å². The number of hydrogen-bond acceptors (Lipinski definition) is 12. The van der Waals surface area contributed by atoms with E-state index in [1.807, 2.05) is 12.1 Å². The predicted molar refractivity (Wildman–Crippen MR) is 251 cm³/mol. The minimum absolute atomic E-state index is 0.0710. The third kappa shape index (κ3) is 9.13. The van der Waals surface area contributed by atoms with Crippen LogP contribution in [0.4, 0.5) is 8.78 Å². The van der Waals surface area contributed by atoms with Gasteiger partial charge in [0, 0.05) is 87.7 Å². The topological polar surface area (TPSA) is 152 Å². The first-order chi connectivity index (χ1) is 32.5. The first-order valence-corrected chi connectivity index (χ1v) is 23.4. The molecular formula is C52H64F2N2O12. The van der Waals surface area contributed by atoms with E-state index in [0.29, 0.717) is 60.6 Å². The summed E-state index contributed by atoms with van der Waals surface area (Å²) in [5.41, 5.74) is 0.565. The van der Waals surface area contributed by atoms with Crippen LogP contribution in [0.2, 0.25) is 0 Å². The molecule has 0 N–H and O–H groups in total. The third-order valence-corrected chi connectivity index (χ3v) is 14.0. The van der Waals surface area contributed by atoms with Crippen LogP contribution in [0.1, 0.15) is 136 Å². The molecule has 14 nitrogen and oxygen atoms in total. The maximum absolute atomic E-state index is 15.7. The Kier molecular flexibility index (Phi) is 15.1. The largest absolute Gasteiger partial charge is 0.493 e. The molecule has 0 unspecified atom stereocenters. The van der Waals surface area contributed by atoms with Crippen LogP contribution in [-0.4, -0.2) is 89.2 Å². The second-order valence-electron chi connectivity index (χ2n) is 19.1. The number of esters is 2. The Morgan fingerprint density at radius 2 is 0.985 bits per heavy atom. The summed E-state index contributed by atoms with van der Waals surface area (Å²) in [4.78, 5) is 50.7. The van der Waals surface area contributed by atoms with E-state index in [2.05, 4.69) is 27.7 Å². The van der Waals surface area contributed by atoms with Gasteiger partial charge in [-0.3, -0.25) is 9.59 Å². The molecule has 0 amide bonds. The molecular weight excluding hydrogens is 883 g/mol. The zero-order valence-electron chi connectivity index (χ0n) is 40.8. The molecule has 4 aliphatic rings. The smallest absolute Gasteiger partial charge is 0.343 e. The Morgan fingerprint density at radius 1 is 0.603 bits per heavy atom. The van der Waals surface area contributed by atoms with Crippen LogP contribution in [0.5, 0.6) is 23.0 Å². The number of ether oxygens (including phenoxy) is 8. The number of aromatic nitrogens is 2. The van der Waals surface area contributed by atoms with Crippen LogP contribution in [0.25, 0.3) is 22.5 Å². The van der Waals surface area contributed by atoms with Crippen molar-refractivity contribution in [2.75, 3.05) is 68.1 Å². The zero-order chi connectivity index (χ0) is 49.2. The molecule has 2 aromatic carbocycles. The van der Waals surface area contributed by atoms with Gasteiger partial charge in [0.05, 0.1) is 52.0 Å². The molecule has 4 aromatic rings. The van der Waals surface area contributed by atoms with Gasteiger partial charge in [0.2, 0.25) is 10.9 Å². The lowest BCUT2D eigenvalue weighted by molar-refractivity contribution is 0.0512. The number of rotatable bonds is 16. The average Bonchev–Trinajstić information content (AvgIpc) is 3.82. The number of carbonyl (C=O) groups excluding carboxylic acids is 2. The molecule has 0 spiro atoms. The van der Waals surface area contributed by atoms with Crippen molar-refractivity contribution in [2.45, 2.75) is 104 Å². The van der Waals surface area contributed by atoms with Crippen LogP contribution in [0.3, 0.4) is 0 Å². The lowest BCUT2D eigenvalue weighted by Crippen LogP contribution is -2.34. The second-order valence-corrected chi connectivity index (χ2v) is 19.1. The number of benzene rings is 2. The molecule has 0 saturated heterocycles. The molecule has 16 heteroatoms. The molecule has 68 heavy (non-hydrogen) atoms. The molecule has 368 valence electrons. The van der Waals surface area contributed by atoms with E-state index in [1.165, 1.54) is 26.6 Å². The SMILES string of the molecule is CCOC(=O)c1cn2c(c(F)c1=O)-c1cc(OC)c(OCCCOC)cc1[C@@H]1CCC(C)(C)[C@@H]12.CCOC(=O)c1cn2c(c(F)c1=O)-c1cc(OC)c(OCCCOC)cc1[C@H]1CCC(C)(C)[C@H]12. The van der Waals surface area contributed by atoms with Crippen LogP contribution in [0.15, 0.2) is 46.2 Å². The van der Waals surface area contributed by atoms with Crippen molar-refractivity contribution in [3.8, 4) is 45.5 Å². The molecule has 2 saturated carbocycles. The fraction of sp³-hybridized carbons (Fsp3) is 0.538. The summed E-state index contributed by atoms with van der Waals surface area (Å²) in [7, 11) is 6.34. The maximum Gasteiger partial charge on any atom is 0.343 e. The first kappa shape index (κ1) is 50.1. The molecule has 4 atom stereocenters. The number of methoxy groups -OCH3 is 4. The van der Waals surface area contributed by atoms with Crippen molar-refractivity contribution < 1.29 is 56.3 Å². The van der Waals surface area contributed by atoms with Crippen molar-refractivity contribution >= 4 is 11.9 Å². The van der Waals surface area contributed by atoms with Gasteiger partial charge in [-0.25, -0.2) is 18.4 Å². The summed E-state index contributed by atoms with van der Waals surface area (Å²) in [6.45, 7) is 14.1. The fourth-order valence-corrected chi connectivity index (χ4v) is 10.9. The van der Waals surface area contributed by atoms with E-state index in [4.69, 9.17) is 37.9 Å². The zero-order valence-corrected chi connectivity index (χ0v) is 40.8. The van der Waals surface area contributed by atoms with Crippen molar-refractivity contribution in [1.82, 2.24) is 9.13 Å². The highest BCUT2D eigenvalue weighted by Gasteiger charge is 2.50. The average molecular weight is 947 g/mol. The highest BCUT2D eigenvalue weighted by molar-refractivity contribution is 5.90. The molecule has 8 rings (SSSR count). The second kappa shape index (κ2) is 20.5. The molecule has 2 aliphatic carbocycles. The Balaban J connectivity index is 0.000000201. The van der Waals surface area contributed by atoms with Crippen molar-refractivity contribution in [1.29, 1.82) is 0 Å². The normalized spacial score (nSPS) is 19.7. The van der Waals surface area contributed by atoms with Gasteiger partial charge in [-0.2, -0.15) is 0 Å². The molecule has 2 aromatic heterocycles. The molecule has 0 radical (unpaired) electrons. The lowest BCUT2D eigenvalue weighted by Gasteiger charge is -2.40. The van der Waals surface area contributed by atoms with Gasteiger partial charge in [0.1, 0.15) is 11.1 Å². The van der Waals surface area contributed by atoms with Gasteiger partial charge >= 0.3 is 11.9 Å². The summed E-state index contributed by atoms with van der Waals surface area (Å²) in [5, 5.41) is 0. The van der Waals surface area contributed by atoms with Crippen molar-refractivity contribution in [2.24, 2.45) is 10.8 Å². The minimum atomic E-state index is -0.955. The quantitative estimate of drug-likeness (QED) is 0.0777. The lowest BCUT2D eigenvalue weighted by atomic mass is 9.77. The van der Waals surface area contributed by atoms with E-state index in [0.717, 1.165) is 49.7 Å². The summed E-state index contributed by atoms with van der Waals surface area (Å²) in [5.74, 6) is -1.30. The van der Waals surface area contributed by atoms with Gasteiger partial charge in [0.15, 0.2) is 34.6 Å². The van der Waals surface area contributed by atoms with Crippen LogP contribution in [0, 0.1) is 22.5 Å². The monoisotopic (exact) mass is 946 g/mol. The van der Waals surface area contributed by atoms with Crippen LogP contribution >= 0.6 is 0 Å². The number of hydrogen-bond donors (Lipinski definition) is 0. The predicted octanol–water partition coefficient (Wildman–Crippen LogP) is 9.43. The van der Waals surface area contributed by atoms with Crippen LogP contribution in [-0.2, 0) is 18.9 Å². The van der Waals surface area contributed by atoms with Gasteiger partial charge in [-0.15, -0.1) is 0 Å². The van der Waals surface area contributed by atoms with Gasteiger partial charge < -0.3 is 47.0 Å². The summed E-state index contributed by atoms with van der Waals surface area (Å²) < 4.78 is 78.4. The number of nitrogens with zero attached hydrogens (tertiary/aromatic N) is 2. The molecule has 2 fully saturated rings. The van der Waals surface area contributed by atoms with E-state index >= 15 is 8.78 Å². The van der Waals surface area contributed by atoms with Gasteiger partial charge in [-0.05, 0) is 85.8 Å². The Labute approximate surface area is 395 Å². The fourth-order valence-electron chi connectivity index (χ4n) is 10.9. The van der Waals surface area contributed by atoms with E-state index in [-0.39, 0.29) is 70.5 Å². The number of fused-ring (bicyclic) bond motifs is 12. The number of carbonyl (C=O) groups is 2. The van der Waals surface area contributed by atoms with Crippen molar-refractivity contribution in [3.63, 3.8) is 0 Å². The standard InChI is InChI=1S/2C26H32FNO6/c2*1-6-33-25(30)18-14-28-22(21(27)23(18)29)17-13-19(32-5)20(34-11-7-10-31-4)12-16(17)15-8-9-26(2,3)24(15)28/h2*12-15,24H,6-11H2,1-5H3/t2*15-,24+/m10/s1. The molecule has 4 heterocycles. The number of pyridine rings is 2. The highest BCUT2D eigenvalue weighted by atomic mass is 19.1. The molecule has 0 bridgehead atoms. The third-order valence-electron chi connectivity index (χ3n) is 14.0. The first-order valence-electron chi connectivity index (χ1n) is 23.4. The van der Waals surface area contributed by atoms with Gasteiger partial charge in [0.25, 0.3) is 0 Å².